The van der Waals surface area contributed by atoms with Crippen molar-refractivity contribution >= 4 is 30.9 Å². The van der Waals surface area contributed by atoms with Gasteiger partial charge in [-0.25, -0.2) is 9.37 Å². The summed E-state index contributed by atoms with van der Waals surface area (Å²) in [4.78, 5) is 20.5. The molecule has 38 heavy (non-hydrogen) atoms. The van der Waals surface area contributed by atoms with Gasteiger partial charge in [-0.15, -0.1) is 0 Å². The Morgan fingerprint density at radius 2 is 1.89 bits per heavy atom. The lowest BCUT2D eigenvalue weighted by molar-refractivity contribution is 0.121. The van der Waals surface area contributed by atoms with E-state index in [0.29, 0.717) is 54.4 Å². The maximum Gasteiger partial charge on any atom is 0.262 e. The zero-order valence-corrected chi connectivity index (χ0v) is 24.9. The smallest absolute Gasteiger partial charge is 0.262 e. The standard InChI is InChI=1S/C29H41FN4O3Si/c1-19-16-21(26-22(17-19)27(35)33(6)28(32-26)34-12-14-36-15-13-34)20(2)31-25-11-9-10-24(30)23(25)18-37-38(7,8)29(3,4)5/h9-11,16-17,20,31H,12-15,18H2,1-8H3/t20-/m1/s1. The first kappa shape index (κ1) is 28.3. The first-order chi connectivity index (χ1) is 17.8. The van der Waals surface area contributed by atoms with Gasteiger partial charge in [-0.05, 0) is 55.7 Å². The molecule has 3 aromatic rings. The molecule has 1 aliphatic rings. The Bertz CT molecular complexity index is 1380. The molecule has 206 valence electrons. The summed E-state index contributed by atoms with van der Waals surface area (Å²) in [6.07, 6.45) is 0. The van der Waals surface area contributed by atoms with Crippen LogP contribution < -0.4 is 15.8 Å². The Labute approximate surface area is 226 Å². The Hall–Kier alpha value is -2.75. The van der Waals surface area contributed by atoms with Gasteiger partial charge >= 0.3 is 0 Å². The average molecular weight is 541 g/mol. The van der Waals surface area contributed by atoms with E-state index in [1.54, 1.807) is 17.7 Å². The van der Waals surface area contributed by atoms with Gasteiger partial charge in [-0.1, -0.05) is 32.9 Å². The van der Waals surface area contributed by atoms with Crippen molar-refractivity contribution in [3.05, 3.63) is 63.2 Å². The number of rotatable bonds is 7. The lowest BCUT2D eigenvalue weighted by Crippen LogP contribution is -2.40. The van der Waals surface area contributed by atoms with Crippen LogP contribution in [0.25, 0.3) is 10.9 Å². The molecule has 1 atom stereocenters. The third-order valence-electron chi connectivity index (χ3n) is 7.97. The molecule has 0 spiro atoms. The molecule has 0 saturated carbocycles. The Kier molecular flexibility index (Phi) is 8.02. The van der Waals surface area contributed by atoms with Crippen LogP contribution in [0.5, 0.6) is 0 Å². The van der Waals surface area contributed by atoms with Gasteiger partial charge in [0.1, 0.15) is 5.82 Å². The number of halogens is 1. The summed E-state index contributed by atoms with van der Waals surface area (Å²) in [6.45, 7) is 17.6. The Balaban J connectivity index is 1.72. The fourth-order valence-corrected chi connectivity index (χ4v) is 5.48. The van der Waals surface area contributed by atoms with E-state index in [1.165, 1.54) is 6.07 Å². The number of morpholine rings is 1. The number of ether oxygens (including phenoxy) is 1. The lowest BCUT2D eigenvalue weighted by atomic mass is 10.0. The molecule has 0 unspecified atom stereocenters. The number of nitrogens with one attached hydrogen (secondary N) is 1. The molecule has 0 amide bonds. The third kappa shape index (κ3) is 5.65. The molecule has 0 radical (unpaired) electrons. The van der Waals surface area contributed by atoms with Gasteiger partial charge in [-0.3, -0.25) is 9.36 Å². The number of aryl methyl sites for hydroxylation is 1. The van der Waals surface area contributed by atoms with Crippen LogP contribution in [-0.2, 0) is 22.8 Å². The van der Waals surface area contributed by atoms with E-state index in [9.17, 15) is 4.79 Å². The molecule has 0 bridgehead atoms. The summed E-state index contributed by atoms with van der Waals surface area (Å²) < 4.78 is 28.6. The Morgan fingerprint density at radius 3 is 2.55 bits per heavy atom. The molecule has 0 aliphatic carbocycles. The minimum absolute atomic E-state index is 0.0235. The molecule has 1 aromatic heterocycles. The highest BCUT2D eigenvalue weighted by atomic mass is 28.4. The molecule has 4 rings (SSSR count). The molecule has 2 aromatic carbocycles. The number of hydrogen-bond acceptors (Lipinski definition) is 6. The number of anilines is 2. The highest BCUT2D eigenvalue weighted by molar-refractivity contribution is 6.74. The van der Waals surface area contributed by atoms with Crippen molar-refractivity contribution in [3.63, 3.8) is 0 Å². The van der Waals surface area contributed by atoms with Gasteiger partial charge in [0.25, 0.3) is 5.56 Å². The van der Waals surface area contributed by atoms with Crippen molar-refractivity contribution in [2.24, 2.45) is 7.05 Å². The van der Waals surface area contributed by atoms with Crippen molar-refractivity contribution < 1.29 is 13.6 Å². The van der Waals surface area contributed by atoms with Crippen molar-refractivity contribution in [3.8, 4) is 0 Å². The van der Waals surface area contributed by atoms with Crippen LogP contribution in [0.3, 0.4) is 0 Å². The average Bonchev–Trinajstić information content (AvgIpc) is 2.85. The fourth-order valence-electron chi connectivity index (χ4n) is 4.54. The summed E-state index contributed by atoms with van der Waals surface area (Å²) >= 11 is 0. The van der Waals surface area contributed by atoms with Crippen LogP contribution in [0, 0.1) is 12.7 Å². The van der Waals surface area contributed by atoms with E-state index in [-0.39, 0.29) is 29.1 Å². The van der Waals surface area contributed by atoms with Gasteiger partial charge in [0.15, 0.2) is 8.32 Å². The van der Waals surface area contributed by atoms with E-state index >= 15 is 4.39 Å². The van der Waals surface area contributed by atoms with Gasteiger partial charge < -0.3 is 19.4 Å². The minimum atomic E-state index is -2.07. The maximum absolute atomic E-state index is 15.1. The fraction of sp³-hybridized carbons (Fsp3) is 0.517. The van der Waals surface area contributed by atoms with E-state index in [1.807, 2.05) is 26.0 Å². The van der Waals surface area contributed by atoms with Gasteiger partial charge in [0, 0.05) is 37.0 Å². The highest BCUT2D eigenvalue weighted by Crippen LogP contribution is 2.38. The van der Waals surface area contributed by atoms with Crippen LogP contribution in [0.4, 0.5) is 16.0 Å². The zero-order chi connectivity index (χ0) is 27.8. The number of fused-ring (bicyclic) bond motifs is 1. The lowest BCUT2D eigenvalue weighted by Gasteiger charge is -2.36. The molecule has 1 saturated heterocycles. The monoisotopic (exact) mass is 540 g/mol. The van der Waals surface area contributed by atoms with Gasteiger partial charge in [0.05, 0.1) is 36.8 Å². The van der Waals surface area contributed by atoms with E-state index < -0.39 is 8.32 Å². The van der Waals surface area contributed by atoms with Crippen molar-refractivity contribution in [2.75, 3.05) is 36.5 Å². The van der Waals surface area contributed by atoms with E-state index in [2.05, 4.69) is 50.1 Å². The summed E-state index contributed by atoms with van der Waals surface area (Å²) in [5.41, 5.74) is 3.65. The highest BCUT2D eigenvalue weighted by Gasteiger charge is 2.37. The normalized spacial score (nSPS) is 15.7. The summed E-state index contributed by atoms with van der Waals surface area (Å²) in [6, 6.07) is 8.78. The molecule has 9 heteroatoms. The molecule has 1 aliphatic heterocycles. The molecule has 1 fully saturated rings. The summed E-state index contributed by atoms with van der Waals surface area (Å²) in [5, 5.41) is 4.11. The van der Waals surface area contributed by atoms with Gasteiger partial charge in [-0.2, -0.15) is 0 Å². The predicted molar refractivity (Wildman–Crippen MR) is 155 cm³/mol. The number of aromatic nitrogens is 2. The molecule has 1 N–H and O–H groups in total. The first-order valence-electron chi connectivity index (χ1n) is 13.3. The van der Waals surface area contributed by atoms with Crippen molar-refractivity contribution in [1.82, 2.24) is 9.55 Å². The maximum atomic E-state index is 15.1. The van der Waals surface area contributed by atoms with Crippen molar-refractivity contribution in [1.29, 1.82) is 0 Å². The summed E-state index contributed by atoms with van der Waals surface area (Å²) in [5.74, 6) is 0.342. The molecule has 2 heterocycles. The molecule has 7 nitrogen and oxygen atoms in total. The Morgan fingerprint density at radius 1 is 1.21 bits per heavy atom. The second-order valence-electron chi connectivity index (χ2n) is 11.8. The quantitative estimate of drug-likeness (QED) is 0.376. The van der Waals surface area contributed by atoms with Gasteiger partial charge in [0.2, 0.25) is 5.95 Å². The summed E-state index contributed by atoms with van der Waals surface area (Å²) in [7, 11) is -0.302. The second kappa shape index (κ2) is 10.8. The third-order valence-corrected chi connectivity index (χ3v) is 12.4. The minimum Gasteiger partial charge on any atom is -0.412 e. The molecular weight excluding hydrogens is 499 g/mol. The largest absolute Gasteiger partial charge is 0.412 e. The van der Waals surface area contributed by atoms with E-state index in [0.717, 1.165) is 11.1 Å². The topological polar surface area (TPSA) is 68.6 Å². The van der Waals surface area contributed by atoms with Crippen LogP contribution >= 0.6 is 0 Å². The van der Waals surface area contributed by atoms with Crippen LogP contribution in [0.1, 0.15) is 50.4 Å². The van der Waals surface area contributed by atoms with Crippen LogP contribution in [-0.4, -0.2) is 44.2 Å². The molecular formula is C29H41FN4O3Si. The van der Waals surface area contributed by atoms with Crippen LogP contribution in [0.15, 0.2) is 35.1 Å². The predicted octanol–water partition coefficient (Wildman–Crippen LogP) is 5.91. The van der Waals surface area contributed by atoms with Crippen molar-refractivity contribution in [2.45, 2.75) is 65.4 Å². The van der Waals surface area contributed by atoms with E-state index in [4.69, 9.17) is 14.1 Å². The SMILES string of the molecule is Cc1cc([C@@H](C)Nc2cccc(F)c2CO[Si](C)(C)C(C)(C)C)c2nc(N3CCOCC3)n(C)c(=O)c2c1. The first-order valence-corrected chi connectivity index (χ1v) is 16.2. The number of hydrogen-bond donors (Lipinski definition) is 1. The van der Waals surface area contributed by atoms with Crippen LogP contribution in [0.2, 0.25) is 18.1 Å². The number of nitrogens with zero attached hydrogens (tertiary/aromatic N) is 3. The number of benzene rings is 2. The zero-order valence-electron chi connectivity index (χ0n) is 23.9. The second-order valence-corrected chi connectivity index (χ2v) is 16.6.